The molecule has 7 heavy (non-hydrogen) atoms. The van der Waals surface area contributed by atoms with Crippen molar-refractivity contribution in [3.05, 3.63) is 12.3 Å². The summed E-state index contributed by atoms with van der Waals surface area (Å²) in [7, 11) is 1.75. The van der Waals surface area contributed by atoms with Gasteiger partial charge in [-0.25, -0.2) is 0 Å². The van der Waals surface area contributed by atoms with E-state index in [1.165, 1.54) is 0 Å². The zero-order valence-electron chi connectivity index (χ0n) is 4.36. The highest BCUT2D eigenvalue weighted by Gasteiger charge is 1.81. The molecule has 0 unspecified atom stereocenters. The normalized spacial score (nSPS) is 6.86. The van der Waals surface area contributed by atoms with Crippen LogP contribution in [0.2, 0.25) is 0 Å². The molecule has 0 radical (unpaired) electrons. The molecule has 0 atom stereocenters. The molecule has 0 aliphatic heterocycles. The van der Waals surface area contributed by atoms with Crippen LogP contribution >= 0.6 is 0 Å². The maximum atomic E-state index is 8.02. The maximum absolute atomic E-state index is 8.02. The van der Waals surface area contributed by atoms with Gasteiger partial charge in [-0.2, -0.15) is 5.26 Å². The van der Waals surface area contributed by atoms with E-state index >= 15 is 0 Å². The van der Waals surface area contributed by atoms with Crippen LogP contribution in [0.1, 0.15) is 6.42 Å². The van der Waals surface area contributed by atoms with E-state index < -0.39 is 0 Å². The first-order valence-electron chi connectivity index (χ1n) is 2.03. The Balaban J connectivity index is 3.23. The smallest absolute Gasteiger partial charge is 0.0743 e. The van der Waals surface area contributed by atoms with Crippen molar-refractivity contribution >= 4 is 0 Å². The Labute approximate surface area is 43.5 Å². The molecule has 2 nitrogen and oxygen atoms in total. The minimum atomic E-state index is 0.399. The van der Waals surface area contributed by atoms with Gasteiger partial charge in [0.15, 0.2) is 0 Å². The first-order valence-corrected chi connectivity index (χ1v) is 2.03. The second-order valence-electron chi connectivity index (χ2n) is 1.19. The van der Waals surface area contributed by atoms with Gasteiger partial charge in [0.1, 0.15) is 0 Å². The monoisotopic (exact) mass is 96.1 g/mol. The third-order valence-corrected chi connectivity index (χ3v) is 0.646. The van der Waals surface area contributed by atoms with E-state index in [2.05, 4.69) is 11.9 Å². The van der Waals surface area contributed by atoms with Crippen molar-refractivity contribution in [3.63, 3.8) is 0 Å². The minimum absolute atomic E-state index is 0.399. The lowest BCUT2D eigenvalue weighted by Gasteiger charge is -1.93. The molecule has 0 aliphatic carbocycles. The molecule has 1 N–H and O–H groups in total. The summed E-state index contributed by atoms with van der Waals surface area (Å²) in [4.78, 5) is 0. The molecule has 38 valence electrons. The minimum Gasteiger partial charge on any atom is -0.391 e. The second kappa shape index (κ2) is 3.23. The lowest BCUT2D eigenvalue weighted by molar-refractivity contribution is 0.952. The van der Waals surface area contributed by atoms with Crippen LogP contribution in [0.5, 0.6) is 0 Å². The van der Waals surface area contributed by atoms with Gasteiger partial charge in [0.05, 0.1) is 12.5 Å². The van der Waals surface area contributed by atoms with E-state index in [0.717, 1.165) is 5.70 Å². The number of hydrogen-bond donors (Lipinski definition) is 1. The highest BCUT2D eigenvalue weighted by atomic mass is 14.8. The van der Waals surface area contributed by atoms with Crippen molar-refractivity contribution < 1.29 is 0 Å². The summed E-state index contributed by atoms with van der Waals surface area (Å²) in [5.41, 5.74) is 0.766. The van der Waals surface area contributed by atoms with Crippen LogP contribution in [0.3, 0.4) is 0 Å². The summed E-state index contributed by atoms with van der Waals surface area (Å²) in [6.07, 6.45) is 0.399. The molecule has 0 aromatic carbocycles. The lowest BCUT2D eigenvalue weighted by Crippen LogP contribution is -2.02. The van der Waals surface area contributed by atoms with E-state index in [0.29, 0.717) is 6.42 Å². The molecular formula is C5H8N2. The lowest BCUT2D eigenvalue weighted by atomic mass is 10.4. The van der Waals surface area contributed by atoms with Gasteiger partial charge in [-0.05, 0) is 0 Å². The van der Waals surface area contributed by atoms with Gasteiger partial charge in [-0.15, -0.1) is 0 Å². The van der Waals surface area contributed by atoms with Crippen molar-refractivity contribution in [3.8, 4) is 6.07 Å². The molecule has 0 saturated carbocycles. The van der Waals surface area contributed by atoms with Crippen LogP contribution in [0, 0.1) is 11.3 Å². The first kappa shape index (κ1) is 6.03. The third-order valence-electron chi connectivity index (χ3n) is 0.646. The number of allylic oxidation sites excluding steroid dienone is 1. The van der Waals surface area contributed by atoms with E-state index in [-0.39, 0.29) is 0 Å². The van der Waals surface area contributed by atoms with Gasteiger partial charge in [0.25, 0.3) is 0 Å². The number of rotatable bonds is 2. The maximum Gasteiger partial charge on any atom is 0.0743 e. The zero-order chi connectivity index (χ0) is 5.70. The standard InChI is InChI=1S/C5H8N2/c1-5(7-2)3-4-6/h7H,1,3H2,2H3. The SMILES string of the molecule is C=C(CC#N)NC. The molecule has 0 aromatic heterocycles. The molecule has 0 spiro atoms. The molecule has 0 rings (SSSR count). The van der Waals surface area contributed by atoms with Gasteiger partial charge in [0.2, 0.25) is 0 Å². The number of hydrogen-bond acceptors (Lipinski definition) is 2. The van der Waals surface area contributed by atoms with Crippen LogP contribution in [0.15, 0.2) is 12.3 Å². The molecular weight excluding hydrogens is 88.1 g/mol. The third kappa shape index (κ3) is 2.84. The van der Waals surface area contributed by atoms with Crippen molar-refractivity contribution in [1.82, 2.24) is 5.32 Å². The van der Waals surface area contributed by atoms with Crippen molar-refractivity contribution in [2.75, 3.05) is 7.05 Å². The first-order chi connectivity index (χ1) is 3.31. The van der Waals surface area contributed by atoms with Crippen LogP contribution in [0.25, 0.3) is 0 Å². The number of nitrogens with one attached hydrogen (secondary N) is 1. The molecule has 0 amide bonds. The van der Waals surface area contributed by atoms with Gasteiger partial charge >= 0.3 is 0 Å². The average molecular weight is 96.1 g/mol. The predicted molar refractivity (Wildman–Crippen MR) is 28.4 cm³/mol. The highest BCUT2D eigenvalue weighted by Crippen LogP contribution is 1.85. The van der Waals surface area contributed by atoms with Crippen molar-refractivity contribution in [2.45, 2.75) is 6.42 Å². The van der Waals surface area contributed by atoms with E-state index in [1.807, 2.05) is 6.07 Å². The fraction of sp³-hybridized carbons (Fsp3) is 0.400. The van der Waals surface area contributed by atoms with Gasteiger partial charge in [-0.3, -0.25) is 0 Å². The summed E-state index contributed by atoms with van der Waals surface area (Å²) < 4.78 is 0. The Morgan fingerprint density at radius 1 is 2.00 bits per heavy atom. The molecule has 0 aliphatic rings. The Kier molecular flexibility index (Phi) is 2.78. The van der Waals surface area contributed by atoms with Crippen LogP contribution in [0.4, 0.5) is 0 Å². The van der Waals surface area contributed by atoms with Crippen LogP contribution < -0.4 is 5.32 Å². The predicted octanol–water partition coefficient (Wildman–Crippen LogP) is 0.633. The summed E-state index contributed by atoms with van der Waals surface area (Å²) in [5.74, 6) is 0. The Morgan fingerprint density at radius 3 is 2.71 bits per heavy atom. The number of nitrogens with zero attached hydrogens (tertiary/aromatic N) is 1. The highest BCUT2D eigenvalue weighted by molar-refractivity contribution is 4.97. The zero-order valence-corrected chi connectivity index (χ0v) is 4.36. The molecule has 0 aromatic rings. The topological polar surface area (TPSA) is 35.8 Å². The van der Waals surface area contributed by atoms with E-state index in [1.54, 1.807) is 7.05 Å². The van der Waals surface area contributed by atoms with Crippen molar-refractivity contribution in [2.24, 2.45) is 0 Å². The summed E-state index contributed by atoms with van der Waals surface area (Å²) in [6, 6.07) is 1.96. The molecule has 0 bridgehead atoms. The molecule has 0 heterocycles. The molecule has 0 saturated heterocycles. The fourth-order valence-corrected chi connectivity index (χ4v) is 0.184. The molecule has 0 fully saturated rings. The molecule has 2 heteroatoms. The summed E-state index contributed by atoms with van der Waals surface area (Å²) in [5, 5.41) is 10.8. The van der Waals surface area contributed by atoms with Crippen LogP contribution in [-0.4, -0.2) is 7.05 Å². The second-order valence-corrected chi connectivity index (χ2v) is 1.19. The summed E-state index contributed by atoms with van der Waals surface area (Å²) >= 11 is 0. The number of nitriles is 1. The largest absolute Gasteiger partial charge is 0.391 e. The van der Waals surface area contributed by atoms with E-state index in [4.69, 9.17) is 5.26 Å². The fourth-order valence-electron chi connectivity index (χ4n) is 0.184. The van der Waals surface area contributed by atoms with Crippen LogP contribution in [-0.2, 0) is 0 Å². The van der Waals surface area contributed by atoms with Gasteiger partial charge in [-0.1, -0.05) is 6.58 Å². The van der Waals surface area contributed by atoms with Gasteiger partial charge in [0, 0.05) is 12.7 Å². The quantitative estimate of drug-likeness (QED) is 0.547. The van der Waals surface area contributed by atoms with Crippen molar-refractivity contribution in [1.29, 1.82) is 5.26 Å². The Morgan fingerprint density at radius 2 is 2.57 bits per heavy atom. The average Bonchev–Trinajstić information content (AvgIpc) is 1.68. The Hall–Kier alpha value is -0.970. The van der Waals surface area contributed by atoms with E-state index in [9.17, 15) is 0 Å². The Bertz CT molecular complexity index is 99.1. The summed E-state index contributed by atoms with van der Waals surface area (Å²) in [6.45, 7) is 3.53. The van der Waals surface area contributed by atoms with Gasteiger partial charge < -0.3 is 5.32 Å².